The molecular weight excluding hydrogens is 430 g/mol. The van der Waals surface area contributed by atoms with Crippen LogP contribution in [0.4, 0.5) is 5.69 Å². The molecule has 34 heavy (non-hydrogen) atoms. The van der Waals surface area contributed by atoms with Crippen LogP contribution in [0.15, 0.2) is 72.9 Å². The number of ketones is 1. The van der Waals surface area contributed by atoms with Gasteiger partial charge in [-0.3, -0.25) is 9.59 Å². The maximum atomic E-state index is 13.3. The van der Waals surface area contributed by atoms with Crippen LogP contribution in [0.2, 0.25) is 0 Å². The zero-order valence-electron chi connectivity index (χ0n) is 19.1. The summed E-state index contributed by atoms with van der Waals surface area (Å²) in [7, 11) is 0. The van der Waals surface area contributed by atoms with Gasteiger partial charge in [-0.05, 0) is 54.5 Å². The van der Waals surface area contributed by atoms with Crippen molar-refractivity contribution in [1.29, 1.82) is 0 Å². The quantitative estimate of drug-likeness (QED) is 0.545. The number of amides is 1. The van der Waals surface area contributed by atoms with Crippen molar-refractivity contribution in [2.45, 2.75) is 6.92 Å². The number of nitrogens with zero attached hydrogens (tertiary/aromatic N) is 3. The van der Waals surface area contributed by atoms with Crippen molar-refractivity contribution in [3.05, 3.63) is 89.6 Å². The second-order valence-electron chi connectivity index (χ2n) is 8.02. The van der Waals surface area contributed by atoms with Crippen molar-refractivity contribution in [1.82, 2.24) is 9.88 Å². The first-order valence-corrected chi connectivity index (χ1v) is 11.2. The summed E-state index contributed by atoms with van der Waals surface area (Å²) >= 11 is 0. The van der Waals surface area contributed by atoms with Gasteiger partial charge in [-0.25, -0.2) is 4.98 Å². The van der Waals surface area contributed by atoms with Gasteiger partial charge in [0.15, 0.2) is 5.78 Å². The molecular formula is C27H27N3O4. The molecule has 0 unspecified atom stereocenters. The third kappa shape index (κ3) is 5.32. The molecule has 1 N–H and O–H groups in total. The highest BCUT2D eigenvalue weighted by Gasteiger charge is 2.26. The van der Waals surface area contributed by atoms with Crippen molar-refractivity contribution in [3.63, 3.8) is 0 Å². The van der Waals surface area contributed by atoms with Crippen molar-refractivity contribution < 1.29 is 19.4 Å². The Kier molecular flexibility index (Phi) is 7.34. The Labute approximate surface area is 198 Å². The SMILES string of the molecule is Cc1ccccc1Oc1ncccc1C(=O)N1CCN(c2ccccc2/C=C/C(=O)CO)CC1. The molecule has 2 aromatic carbocycles. The molecule has 1 aliphatic rings. The molecule has 1 fully saturated rings. The molecule has 174 valence electrons. The van der Waals surface area contributed by atoms with E-state index in [1.54, 1.807) is 24.4 Å². The lowest BCUT2D eigenvalue weighted by Gasteiger charge is -2.37. The molecule has 7 nitrogen and oxygen atoms in total. The second-order valence-corrected chi connectivity index (χ2v) is 8.02. The maximum Gasteiger partial charge on any atom is 0.259 e. The molecule has 1 saturated heterocycles. The fourth-order valence-corrected chi connectivity index (χ4v) is 3.88. The fraction of sp³-hybridized carbons (Fsp3) is 0.222. The molecule has 7 heteroatoms. The number of piperazine rings is 1. The summed E-state index contributed by atoms with van der Waals surface area (Å²) in [4.78, 5) is 33.1. The summed E-state index contributed by atoms with van der Waals surface area (Å²) in [5.74, 6) is 0.515. The zero-order chi connectivity index (χ0) is 23.9. The standard InChI is InChI=1S/C27H27N3O4/c1-20-7-2-5-11-25(20)34-26-23(9-6-14-28-26)27(33)30-17-15-29(16-18-30)24-10-4-3-8-21(24)12-13-22(32)19-31/h2-14,31H,15-19H2,1H3/b13-12+. The minimum Gasteiger partial charge on any atom is -0.438 e. The van der Waals surface area contributed by atoms with Crippen molar-refractivity contribution in [3.8, 4) is 11.6 Å². The lowest BCUT2D eigenvalue weighted by atomic mass is 10.1. The number of carbonyl (C=O) groups excluding carboxylic acids is 2. The van der Waals surface area contributed by atoms with Gasteiger partial charge in [0, 0.05) is 38.1 Å². The van der Waals surface area contributed by atoms with E-state index in [1.807, 2.05) is 60.4 Å². The zero-order valence-corrected chi connectivity index (χ0v) is 19.1. The van der Waals surface area contributed by atoms with Crippen molar-refractivity contribution in [2.75, 3.05) is 37.7 Å². The molecule has 0 atom stereocenters. The summed E-state index contributed by atoms with van der Waals surface area (Å²) in [6.45, 7) is 3.84. The first-order valence-electron chi connectivity index (χ1n) is 11.2. The molecule has 1 aliphatic heterocycles. The minimum atomic E-state index is -0.511. The van der Waals surface area contributed by atoms with E-state index in [1.165, 1.54) is 6.08 Å². The second kappa shape index (κ2) is 10.8. The van der Waals surface area contributed by atoms with Crippen molar-refractivity contribution in [2.24, 2.45) is 0 Å². The average molecular weight is 458 g/mol. The van der Waals surface area contributed by atoms with E-state index in [-0.39, 0.29) is 11.7 Å². The topological polar surface area (TPSA) is 83.0 Å². The van der Waals surface area contributed by atoms with Crippen LogP contribution in [0.5, 0.6) is 11.6 Å². The highest BCUT2D eigenvalue weighted by atomic mass is 16.5. The molecule has 0 spiro atoms. The lowest BCUT2D eigenvalue weighted by molar-refractivity contribution is -0.117. The predicted molar refractivity (Wildman–Crippen MR) is 131 cm³/mol. The molecule has 0 saturated carbocycles. The van der Waals surface area contributed by atoms with Gasteiger partial charge < -0.3 is 19.6 Å². The van der Waals surface area contributed by atoms with Crippen LogP contribution >= 0.6 is 0 Å². The van der Waals surface area contributed by atoms with Gasteiger partial charge in [0.25, 0.3) is 5.91 Å². The van der Waals surface area contributed by atoms with E-state index in [9.17, 15) is 9.59 Å². The maximum absolute atomic E-state index is 13.3. The summed E-state index contributed by atoms with van der Waals surface area (Å²) in [5.41, 5.74) is 3.28. The monoisotopic (exact) mass is 457 g/mol. The highest BCUT2D eigenvalue weighted by Crippen LogP contribution is 2.28. The average Bonchev–Trinajstić information content (AvgIpc) is 2.89. The van der Waals surface area contributed by atoms with Gasteiger partial charge in [-0.1, -0.05) is 36.4 Å². The summed E-state index contributed by atoms with van der Waals surface area (Å²) in [6, 6.07) is 18.9. The predicted octanol–water partition coefficient (Wildman–Crippen LogP) is 3.72. The number of ether oxygens (including phenoxy) is 1. The van der Waals surface area contributed by atoms with Gasteiger partial charge in [-0.15, -0.1) is 0 Å². The molecule has 1 aromatic heterocycles. The van der Waals surface area contributed by atoms with Gasteiger partial charge in [0.1, 0.15) is 17.9 Å². The van der Waals surface area contributed by atoms with Crippen LogP contribution in [0.3, 0.4) is 0 Å². The smallest absolute Gasteiger partial charge is 0.259 e. The number of anilines is 1. The van der Waals surface area contributed by atoms with E-state index in [2.05, 4.69) is 9.88 Å². The summed E-state index contributed by atoms with van der Waals surface area (Å²) in [6.07, 6.45) is 4.72. The third-order valence-electron chi connectivity index (χ3n) is 5.75. The number of pyridine rings is 1. The Balaban J connectivity index is 1.46. The number of hydrogen-bond acceptors (Lipinski definition) is 6. The Bertz CT molecular complexity index is 1200. The molecule has 2 heterocycles. The van der Waals surface area contributed by atoms with Gasteiger partial charge >= 0.3 is 0 Å². The highest BCUT2D eigenvalue weighted by molar-refractivity contribution is 5.97. The number of aliphatic hydroxyl groups is 1. The number of aryl methyl sites for hydroxylation is 1. The largest absolute Gasteiger partial charge is 0.438 e. The van der Waals surface area contributed by atoms with Gasteiger partial charge in [0.05, 0.1) is 0 Å². The molecule has 0 radical (unpaired) electrons. The van der Waals surface area contributed by atoms with Crippen LogP contribution in [-0.2, 0) is 4.79 Å². The summed E-state index contributed by atoms with van der Waals surface area (Å²) < 4.78 is 5.99. The number of aliphatic hydroxyl groups excluding tert-OH is 1. The van der Waals surface area contributed by atoms with E-state index in [0.717, 1.165) is 16.8 Å². The van der Waals surface area contributed by atoms with Crippen LogP contribution in [-0.4, -0.2) is 59.5 Å². The van der Waals surface area contributed by atoms with Crippen LogP contribution < -0.4 is 9.64 Å². The molecule has 1 amide bonds. The third-order valence-corrected chi connectivity index (χ3v) is 5.75. The molecule has 3 aromatic rings. The molecule has 4 rings (SSSR count). The Morgan fingerprint density at radius 3 is 2.50 bits per heavy atom. The first kappa shape index (κ1) is 23.2. The Hall–Kier alpha value is -3.97. The van der Waals surface area contributed by atoms with E-state index in [4.69, 9.17) is 9.84 Å². The summed E-state index contributed by atoms with van der Waals surface area (Å²) in [5, 5.41) is 8.96. The molecule has 0 aliphatic carbocycles. The number of benzene rings is 2. The van der Waals surface area contributed by atoms with E-state index < -0.39 is 6.61 Å². The minimum absolute atomic E-state index is 0.113. The Morgan fingerprint density at radius 1 is 1.00 bits per heavy atom. The molecule has 0 bridgehead atoms. The first-order chi connectivity index (χ1) is 16.6. The van der Waals surface area contributed by atoms with E-state index >= 15 is 0 Å². The number of hydrogen-bond donors (Lipinski definition) is 1. The number of rotatable bonds is 7. The fourth-order valence-electron chi connectivity index (χ4n) is 3.88. The lowest BCUT2D eigenvalue weighted by Crippen LogP contribution is -2.49. The van der Waals surface area contributed by atoms with Gasteiger partial charge in [-0.2, -0.15) is 0 Å². The van der Waals surface area contributed by atoms with Crippen LogP contribution in [0, 0.1) is 6.92 Å². The number of aromatic nitrogens is 1. The van der Waals surface area contributed by atoms with Crippen LogP contribution in [0.25, 0.3) is 6.08 Å². The Morgan fingerprint density at radius 2 is 1.74 bits per heavy atom. The van der Waals surface area contributed by atoms with Crippen LogP contribution in [0.1, 0.15) is 21.5 Å². The number of carbonyl (C=O) groups is 2. The van der Waals surface area contributed by atoms with E-state index in [0.29, 0.717) is 43.4 Å². The number of para-hydroxylation sites is 2. The normalized spacial score (nSPS) is 13.8. The van der Waals surface area contributed by atoms with Crippen molar-refractivity contribution >= 4 is 23.5 Å². The van der Waals surface area contributed by atoms with Gasteiger partial charge in [0.2, 0.25) is 5.88 Å².